The zero-order valence-electron chi connectivity index (χ0n) is 11.8. The lowest BCUT2D eigenvalue weighted by Crippen LogP contribution is -2.44. The largest absolute Gasteiger partial charge is 0.326 e. The van der Waals surface area contributed by atoms with Crippen LogP contribution in [0.25, 0.3) is 0 Å². The van der Waals surface area contributed by atoms with Crippen LogP contribution in [-0.4, -0.2) is 19.0 Å². The molecule has 1 amide bonds. The van der Waals surface area contributed by atoms with Crippen LogP contribution in [0.1, 0.15) is 26.7 Å². The highest BCUT2D eigenvalue weighted by atomic mass is 79.9. The van der Waals surface area contributed by atoms with Crippen molar-refractivity contribution in [1.29, 1.82) is 0 Å². The Bertz CT molecular complexity index is 499. The summed E-state index contributed by atoms with van der Waals surface area (Å²) in [7, 11) is 0. The molecular weight excluding hydrogens is 340 g/mol. The molecule has 1 aliphatic rings. The van der Waals surface area contributed by atoms with Crippen LogP contribution >= 0.6 is 27.5 Å². The van der Waals surface area contributed by atoms with Gasteiger partial charge in [0.25, 0.3) is 0 Å². The molecule has 5 heteroatoms. The van der Waals surface area contributed by atoms with Gasteiger partial charge >= 0.3 is 0 Å². The van der Waals surface area contributed by atoms with Crippen molar-refractivity contribution in [1.82, 2.24) is 5.32 Å². The molecule has 1 fully saturated rings. The Balaban J connectivity index is 2.07. The van der Waals surface area contributed by atoms with Crippen LogP contribution in [0.3, 0.4) is 0 Å². The molecule has 2 rings (SSSR count). The van der Waals surface area contributed by atoms with Crippen LogP contribution in [-0.2, 0) is 4.79 Å². The minimum atomic E-state index is -0.389. The summed E-state index contributed by atoms with van der Waals surface area (Å²) in [5.74, 6) is 0.424. The Morgan fingerprint density at radius 1 is 1.50 bits per heavy atom. The van der Waals surface area contributed by atoms with E-state index >= 15 is 0 Å². The van der Waals surface area contributed by atoms with Gasteiger partial charge in [-0.2, -0.15) is 0 Å². The average Bonchev–Trinajstić information content (AvgIpc) is 2.44. The molecule has 110 valence electrons. The van der Waals surface area contributed by atoms with Crippen molar-refractivity contribution < 1.29 is 4.79 Å². The van der Waals surface area contributed by atoms with Crippen molar-refractivity contribution >= 4 is 39.1 Å². The summed E-state index contributed by atoms with van der Waals surface area (Å²) < 4.78 is 0.786. The normalized spacial score (nSPS) is 19.7. The van der Waals surface area contributed by atoms with E-state index in [9.17, 15) is 4.79 Å². The van der Waals surface area contributed by atoms with E-state index in [1.54, 1.807) is 6.07 Å². The van der Waals surface area contributed by atoms with Crippen LogP contribution in [0.15, 0.2) is 22.7 Å². The lowest BCUT2D eigenvalue weighted by molar-refractivity contribution is -0.127. The number of piperidine rings is 1. The summed E-state index contributed by atoms with van der Waals surface area (Å²) in [5, 5.41) is 7.00. The first-order valence-electron chi connectivity index (χ1n) is 6.88. The number of hydrogen-bond donors (Lipinski definition) is 2. The molecule has 0 bridgehead atoms. The van der Waals surface area contributed by atoms with Gasteiger partial charge in [-0.05, 0) is 66.0 Å². The summed E-state index contributed by atoms with van der Waals surface area (Å²) in [6.45, 7) is 6.00. The molecule has 1 atom stereocenters. The number of anilines is 1. The smallest absolute Gasteiger partial charge is 0.230 e. The highest BCUT2D eigenvalue weighted by Crippen LogP contribution is 2.33. The molecule has 1 saturated heterocycles. The molecule has 0 radical (unpaired) electrons. The molecule has 0 aromatic heterocycles. The van der Waals surface area contributed by atoms with Gasteiger partial charge in [-0.1, -0.05) is 25.4 Å². The van der Waals surface area contributed by atoms with E-state index in [0.717, 1.165) is 36.1 Å². The fourth-order valence-corrected chi connectivity index (χ4v) is 3.02. The van der Waals surface area contributed by atoms with Crippen molar-refractivity contribution in [2.45, 2.75) is 26.7 Å². The van der Waals surface area contributed by atoms with Crippen molar-refractivity contribution in [3.8, 4) is 0 Å². The van der Waals surface area contributed by atoms with Gasteiger partial charge in [0.05, 0.1) is 5.02 Å². The number of carbonyl (C=O) groups is 1. The van der Waals surface area contributed by atoms with Gasteiger partial charge in [0.1, 0.15) is 0 Å². The molecule has 1 unspecified atom stereocenters. The van der Waals surface area contributed by atoms with Crippen LogP contribution in [0, 0.1) is 11.3 Å². The molecular formula is C15H20BrClN2O. The number of amides is 1. The first kappa shape index (κ1) is 15.8. The van der Waals surface area contributed by atoms with E-state index in [1.165, 1.54) is 0 Å². The topological polar surface area (TPSA) is 41.1 Å². The second kappa shape index (κ2) is 6.46. The fourth-order valence-electron chi connectivity index (χ4n) is 2.52. The highest BCUT2D eigenvalue weighted by molar-refractivity contribution is 9.10. The van der Waals surface area contributed by atoms with Gasteiger partial charge in [0.15, 0.2) is 0 Å². The number of benzene rings is 1. The minimum Gasteiger partial charge on any atom is -0.326 e. The van der Waals surface area contributed by atoms with Gasteiger partial charge in [0.2, 0.25) is 5.91 Å². The third kappa shape index (κ3) is 3.54. The predicted molar refractivity (Wildman–Crippen MR) is 87.2 cm³/mol. The van der Waals surface area contributed by atoms with Gasteiger partial charge in [-0.15, -0.1) is 0 Å². The van der Waals surface area contributed by atoms with Crippen LogP contribution in [0.5, 0.6) is 0 Å². The lowest BCUT2D eigenvalue weighted by atomic mass is 9.74. The molecule has 1 heterocycles. The van der Waals surface area contributed by atoms with E-state index in [1.807, 2.05) is 26.0 Å². The zero-order chi connectivity index (χ0) is 14.8. The second-order valence-electron chi connectivity index (χ2n) is 5.85. The molecule has 0 aliphatic carbocycles. The monoisotopic (exact) mass is 358 g/mol. The SMILES string of the molecule is CC(C)(C(=O)Nc1ccc(Cl)c(Br)c1)C1CCCNC1. The Kier molecular flexibility index (Phi) is 5.10. The number of halogens is 2. The minimum absolute atomic E-state index is 0.0559. The summed E-state index contributed by atoms with van der Waals surface area (Å²) in [6.07, 6.45) is 2.23. The number of hydrogen-bond acceptors (Lipinski definition) is 2. The quantitative estimate of drug-likeness (QED) is 0.854. The molecule has 1 aromatic carbocycles. The molecule has 0 saturated carbocycles. The van der Waals surface area contributed by atoms with E-state index in [-0.39, 0.29) is 11.3 Å². The van der Waals surface area contributed by atoms with Crippen molar-refractivity contribution in [3.63, 3.8) is 0 Å². The van der Waals surface area contributed by atoms with Crippen LogP contribution in [0.4, 0.5) is 5.69 Å². The van der Waals surface area contributed by atoms with Gasteiger partial charge in [-0.25, -0.2) is 0 Å². The number of nitrogens with one attached hydrogen (secondary N) is 2. The lowest BCUT2D eigenvalue weighted by Gasteiger charge is -2.36. The summed E-state index contributed by atoms with van der Waals surface area (Å²) >= 11 is 9.33. The average molecular weight is 360 g/mol. The van der Waals surface area contributed by atoms with Gasteiger partial charge < -0.3 is 10.6 Å². The molecule has 1 aliphatic heterocycles. The van der Waals surface area contributed by atoms with Crippen molar-refractivity contribution in [2.24, 2.45) is 11.3 Å². The first-order chi connectivity index (χ1) is 9.41. The Labute approximate surface area is 133 Å². The molecule has 2 N–H and O–H groups in total. The maximum Gasteiger partial charge on any atom is 0.230 e. The number of carbonyl (C=O) groups excluding carboxylic acids is 1. The maximum absolute atomic E-state index is 12.5. The van der Waals surface area contributed by atoms with Crippen LogP contribution in [0.2, 0.25) is 5.02 Å². The predicted octanol–water partition coefficient (Wildman–Crippen LogP) is 4.07. The maximum atomic E-state index is 12.5. The molecule has 20 heavy (non-hydrogen) atoms. The summed E-state index contributed by atoms with van der Waals surface area (Å²) in [5.41, 5.74) is 0.377. The Morgan fingerprint density at radius 3 is 2.85 bits per heavy atom. The standard InChI is InChI=1S/C15H20BrClN2O/c1-15(2,10-4-3-7-18-9-10)14(20)19-11-5-6-13(17)12(16)8-11/h5-6,8,10,18H,3-4,7,9H2,1-2H3,(H,19,20). The van der Waals surface area contributed by atoms with E-state index in [2.05, 4.69) is 26.6 Å². The Morgan fingerprint density at radius 2 is 2.25 bits per heavy atom. The number of rotatable bonds is 3. The first-order valence-corrected chi connectivity index (χ1v) is 8.05. The van der Waals surface area contributed by atoms with E-state index in [4.69, 9.17) is 11.6 Å². The summed E-state index contributed by atoms with van der Waals surface area (Å²) in [4.78, 5) is 12.5. The third-order valence-electron chi connectivity index (χ3n) is 4.08. The van der Waals surface area contributed by atoms with Crippen LogP contribution < -0.4 is 10.6 Å². The fraction of sp³-hybridized carbons (Fsp3) is 0.533. The zero-order valence-corrected chi connectivity index (χ0v) is 14.1. The third-order valence-corrected chi connectivity index (χ3v) is 5.29. The molecule has 0 spiro atoms. The molecule has 1 aromatic rings. The second-order valence-corrected chi connectivity index (χ2v) is 7.11. The highest BCUT2D eigenvalue weighted by Gasteiger charge is 2.37. The van der Waals surface area contributed by atoms with Gasteiger partial charge in [-0.3, -0.25) is 4.79 Å². The Hall–Kier alpha value is -0.580. The van der Waals surface area contributed by atoms with Crippen molar-refractivity contribution in [2.75, 3.05) is 18.4 Å². The van der Waals surface area contributed by atoms with Crippen molar-refractivity contribution in [3.05, 3.63) is 27.7 Å². The molecule has 3 nitrogen and oxygen atoms in total. The summed E-state index contributed by atoms with van der Waals surface area (Å²) in [6, 6.07) is 5.42. The van der Waals surface area contributed by atoms with Gasteiger partial charge in [0, 0.05) is 15.6 Å². The van der Waals surface area contributed by atoms with E-state index in [0.29, 0.717) is 10.9 Å². The van der Waals surface area contributed by atoms with E-state index < -0.39 is 0 Å².